The van der Waals surface area contributed by atoms with Gasteiger partial charge in [0, 0.05) is 17.0 Å². The molecule has 4 rings (SSSR count). The summed E-state index contributed by atoms with van der Waals surface area (Å²) in [7, 11) is 0. The smallest absolute Gasteiger partial charge is 0.389 e. The van der Waals surface area contributed by atoms with Crippen LogP contribution in [0, 0.1) is 0 Å². The van der Waals surface area contributed by atoms with Crippen molar-refractivity contribution in [3.8, 4) is 0 Å². The number of carbonyl (C=O) groups excluding carboxylic acids is 1. The van der Waals surface area contributed by atoms with E-state index >= 15 is 0 Å². The minimum atomic E-state index is -4.56. The molecule has 2 aromatic heterocycles. The second-order valence-corrected chi connectivity index (χ2v) is 8.57. The lowest BCUT2D eigenvalue weighted by molar-refractivity contribution is -0.173. The molecule has 1 aliphatic heterocycles. The van der Waals surface area contributed by atoms with Crippen LogP contribution in [0.15, 0.2) is 41.8 Å². The van der Waals surface area contributed by atoms with Crippen molar-refractivity contribution in [2.24, 2.45) is 0 Å². The summed E-state index contributed by atoms with van der Waals surface area (Å²) in [4.78, 5) is 13.4. The van der Waals surface area contributed by atoms with Crippen LogP contribution in [0.3, 0.4) is 0 Å². The van der Waals surface area contributed by atoms with Gasteiger partial charge in [-0.1, -0.05) is 29.8 Å². The molecule has 1 amide bonds. The molecular weight excluding hydrogens is 453 g/mol. The number of nitrogens with zero attached hydrogens (tertiary/aromatic N) is 2. The number of fused-ring (bicyclic) bond motifs is 1. The molecule has 0 aliphatic carbocycles. The lowest BCUT2D eigenvalue weighted by Crippen LogP contribution is -2.35. The van der Waals surface area contributed by atoms with E-state index in [-0.39, 0.29) is 23.0 Å². The molecule has 31 heavy (non-hydrogen) atoms. The Morgan fingerprint density at radius 1 is 1.35 bits per heavy atom. The summed E-state index contributed by atoms with van der Waals surface area (Å²) in [6.45, 7) is 1.61. The molecular formula is C20H18ClF3N4O2S. The number of aliphatic hydroxyl groups excluding tert-OH is 1. The zero-order chi connectivity index (χ0) is 22.3. The molecule has 3 atom stereocenters. The Balaban J connectivity index is 1.64. The van der Waals surface area contributed by atoms with Crippen LogP contribution in [-0.2, 0) is 0 Å². The van der Waals surface area contributed by atoms with Crippen molar-refractivity contribution >= 4 is 40.4 Å². The van der Waals surface area contributed by atoms with Crippen molar-refractivity contribution in [3.05, 3.63) is 62.9 Å². The number of hydrogen-bond acceptors (Lipinski definition) is 5. The first-order chi connectivity index (χ1) is 14.6. The maximum atomic E-state index is 13.8. The summed E-state index contributed by atoms with van der Waals surface area (Å²) < 4.78 is 42.1. The predicted molar refractivity (Wildman–Crippen MR) is 113 cm³/mol. The number of hydrogen-bond donors (Lipinski definition) is 3. The van der Waals surface area contributed by atoms with Crippen molar-refractivity contribution in [2.75, 3.05) is 10.6 Å². The number of nitrogens with one attached hydrogen (secondary N) is 2. The third-order valence-corrected chi connectivity index (χ3v) is 6.39. The summed E-state index contributed by atoms with van der Waals surface area (Å²) in [5, 5.41) is 20.7. The van der Waals surface area contributed by atoms with Crippen molar-refractivity contribution < 1.29 is 23.1 Å². The third-order valence-electron chi connectivity index (χ3n) is 5.05. The molecule has 1 aliphatic rings. The van der Waals surface area contributed by atoms with Gasteiger partial charge in [0.15, 0.2) is 11.7 Å². The SMILES string of the molecule is C[C@H](O)c1ccc(NC(=O)c2nn3c(c2Cl)N[C@H](c2cccs2)C[C@@H]3C(F)(F)F)cc1. The molecule has 0 fully saturated rings. The zero-order valence-electron chi connectivity index (χ0n) is 16.2. The zero-order valence-corrected chi connectivity index (χ0v) is 17.7. The van der Waals surface area contributed by atoms with Crippen LogP contribution in [-0.4, -0.2) is 27.0 Å². The molecule has 164 valence electrons. The van der Waals surface area contributed by atoms with Gasteiger partial charge in [0.2, 0.25) is 0 Å². The Hall–Kier alpha value is -2.56. The molecule has 0 bridgehead atoms. The molecule has 6 nitrogen and oxygen atoms in total. The monoisotopic (exact) mass is 470 g/mol. The van der Waals surface area contributed by atoms with E-state index in [0.717, 1.165) is 9.56 Å². The van der Waals surface area contributed by atoms with Crippen LogP contribution < -0.4 is 10.6 Å². The summed E-state index contributed by atoms with van der Waals surface area (Å²) in [6.07, 6.45) is -5.50. The van der Waals surface area contributed by atoms with E-state index in [1.807, 2.05) is 0 Å². The number of aliphatic hydroxyl groups is 1. The van der Waals surface area contributed by atoms with Gasteiger partial charge < -0.3 is 15.7 Å². The van der Waals surface area contributed by atoms with Crippen LogP contribution in [0.1, 0.15) is 52.5 Å². The number of thiophene rings is 1. The molecule has 0 radical (unpaired) electrons. The maximum absolute atomic E-state index is 13.8. The van der Waals surface area contributed by atoms with Gasteiger partial charge in [-0.15, -0.1) is 11.3 Å². The summed E-state index contributed by atoms with van der Waals surface area (Å²) in [5.74, 6) is -0.768. The second kappa shape index (κ2) is 8.18. The predicted octanol–water partition coefficient (Wildman–Crippen LogP) is 5.56. The summed E-state index contributed by atoms with van der Waals surface area (Å²) in [5.41, 5.74) is 0.753. The Labute approximate surface area is 184 Å². The fraction of sp³-hybridized carbons (Fsp3) is 0.300. The number of amides is 1. The topological polar surface area (TPSA) is 79.2 Å². The number of rotatable bonds is 4. The van der Waals surface area contributed by atoms with Gasteiger partial charge in [-0.25, -0.2) is 4.68 Å². The van der Waals surface area contributed by atoms with Gasteiger partial charge >= 0.3 is 6.18 Å². The third kappa shape index (κ3) is 4.28. The Kier molecular flexibility index (Phi) is 5.71. The largest absolute Gasteiger partial charge is 0.410 e. The van der Waals surface area contributed by atoms with Crippen molar-refractivity contribution in [1.29, 1.82) is 0 Å². The van der Waals surface area contributed by atoms with E-state index in [9.17, 15) is 23.1 Å². The van der Waals surface area contributed by atoms with Gasteiger partial charge in [-0.2, -0.15) is 18.3 Å². The van der Waals surface area contributed by atoms with Crippen LogP contribution in [0.25, 0.3) is 0 Å². The Bertz CT molecular complexity index is 1080. The van der Waals surface area contributed by atoms with Crippen molar-refractivity contribution in [3.63, 3.8) is 0 Å². The van der Waals surface area contributed by atoms with Gasteiger partial charge in [0.05, 0.1) is 12.1 Å². The van der Waals surface area contributed by atoms with Crippen LogP contribution >= 0.6 is 22.9 Å². The molecule has 0 unspecified atom stereocenters. The van der Waals surface area contributed by atoms with Gasteiger partial charge in [0.25, 0.3) is 5.91 Å². The lowest BCUT2D eigenvalue weighted by Gasteiger charge is -2.32. The lowest BCUT2D eigenvalue weighted by atomic mass is 10.0. The van der Waals surface area contributed by atoms with Crippen LogP contribution in [0.4, 0.5) is 24.7 Å². The molecule has 3 aromatic rings. The maximum Gasteiger partial charge on any atom is 0.410 e. The number of alkyl halides is 3. The highest BCUT2D eigenvalue weighted by atomic mass is 35.5. The molecule has 11 heteroatoms. The minimum absolute atomic E-state index is 0.0387. The second-order valence-electron chi connectivity index (χ2n) is 7.21. The van der Waals surface area contributed by atoms with Crippen molar-refractivity contribution in [2.45, 2.75) is 37.7 Å². The summed E-state index contributed by atoms with van der Waals surface area (Å²) >= 11 is 7.65. The number of carbonyl (C=O) groups is 1. The molecule has 1 aromatic carbocycles. The average Bonchev–Trinajstić information content (AvgIpc) is 3.35. The van der Waals surface area contributed by atoms with Crippen molar-refractivity contribution in [1.82, 2.24) is 9.78 Å². The molecule has 0 spiro atoms. The molecule has 3 N–H and O–H groups in total. The van der Waals surface area contributed by atoms with E-state index in [4.69, 9.17) is 11.6 Å². The molecule has 0 saturated heterocycles. The molecule has 3 heterocycles. The minimum Gasteiger partial charge on any atom is -0.389 e. The highest BCUT2D eigenvalue weighted by Crippen LogP contribution is 2.46. The quantitative estimate of drug-likeness (QED) is 0.466. The number of anilines is 2. The normalized spacial score (nSPS) is 19.4. The van der Waals surface area contributed by atoms with E-state index < -0.39 is 30.3 Å². The Morgan fingerprint density at radius 2 is 2.06 bits per heavy atom. The van der Waals surface area contributed by atoms with E-state index in [0.29, 0.717) is 11.3 Å². The first-order valence-electron chi connectivity index (χ1n) is 9.39. The van der Waals surface area contributed by atoms with E-state index in [1.54, 1.807) is 48.7 Å². The van der Waals surface area contributed by atoms with Gasteiger partial charge in [-0.3, -0.25) is 4.79 Å². The molecule has 0 saturated carbocycles. The number of aromatic nitrogens is 2. The standard InChI is InChI=1S/C20H18ClF3N4O2S/c1-10(29)11-4-6-12(7-5-11)25-19(30)17-16(21)18-26-13(14-3-2-8-31-14)9-15(20(22,23)24)28(18)27-17/h2-8,10,13,15,26,29H,9H2,1H3,(H,25,30)/t10-,13-,15+/m0/s1. The fourth-order valence-electron chi connectivity index (χ4n) is 3.45. The Morgan fingerprint density at radius 3 is 2.65 bits per heavy atom. The van der Waals surface area contributed by atoms with E-state index in [1.165, 1.54) is 11.3 Å². The highest BCUT2D eigenvalue weighted by molar-refractivity contribution is 7.10. The fourth-order valence-corrected chi connectivity index (χ4v) is 4.50. The van der Waals surface area contributed by atoms with E-state index in [2.05, 4.69) is 15.7 Å². The van der Waals surface area contributed by atoms with Gasteiger partial charge in [0.1, 0.15) is 10.8 Å². The average molecular weight is 471 g/mol. The number of halogens is 4. The summed E-state index contributed by atoms with van der Waals surface area (Å²) in [6, 6.07) is 7.41. The van der Waals surface area contributed by atoms with Crippen LogP contribution in [0.2, 0.25) is 5.02 Å². The first kappa shape index (κ1) is 21.7. The first-order valence-corrected chi connectivity index (χ1v) is 10.6. The van der Waals surface area contributed by atoms with Crippen LogP contribution in [0.5, 0.6) is 0 Å². The highest BCUT2D eigenvalue weighted by Gasteiger charge is 2.48. The van der Waals surface area contributed by atoms with Gasteiger partial charge in [-0.05, 0) is 36.1 Å². The number of benzene rings is 1.